The summed E-state index contributed by atoms with van der Waals surface area (Å²) in [4.78, 5) is 47.9. The zero-order valence-electron chi connectivity index (χ0n) is 14.3. The minimum absolute atomic E-state index is 0.0113. The van der Waals surface area contributed by atoms with E-state index >= 15 is 0 Å². The smallest absolute Gasteiger partial charge is 0.310 e. The quantitative estimate of drug-likeness (QED) is 0.731. The SMILES string of the molecule is CCOC(=O)C1CCCN(C(=O)C2CN(C(=O)c3cnccn3)C2)C1. The number of hydrogen-bond acceptors (Lipinski definition) is 6. The Morgan fingerprint density at radius 2 is 1.92 bits per heavy atom. The lowest BCUT2D eigenvalue weighted by atomic mass is 9.93. The van der Waals surface area contributed by atoms with Gasteiger partial charge in [0.15, 0.2) is 0 Å². The van der Waals surface area contributed by atoms with Gasteiger partial charge in [0.25, 0.3) is 5.91 Å². The van der Waals surface area contributed by atoms with Gasteiger partial charge in [-0.15, -0.1) is 0 Å². The first-order chi connectivity index (χ1) is 12.1. The van der Waals surface area contributed by atoms with Gasteiger partial charge in [-0.2, -0.15) is 0 Å². The van der Waals surface area contributed by atoms with Crippen molar-refractivity contribution in [2.45, 2.75) is 19.8 Å². The highest BCUT2D eigenvalue weighted by molar-refractivity contribution is 5.94. The molecule has 2 aliphatic heterocycles. The Hall–Kier alpha value is -2.51. The molecule has 1 aromatic rings. The molecule has 2 fully saturated rings. The third-order valence-electron chi connectivity index (χ3n) is 4.65. The molecule has 0 aliphatic carbocycles. The van der Waals surface area contributed by atoms with Crippen molar-refractivity contribution < 1.29 is 19.1 Å². The second-order valence-electron chi connectivity index (χ2n) is 6.37. The van der Waals surface area contributed by atoms with Gasteiger partial charge in [-0.25, -0.2) is 4.98 Å². The predicted octanol–water partition coefficient (Wildman–Crippen LogP) is 0.350. The fourth-order valence-electron chi connectivity index (χ4n) is 3.26. The van der Waals surface area contributed by atoms with Gasteiger partial charge in [0.1, 0.15) is 5.69 Å². The summed E-state index contributed by atoms with van der Waals surface area (Å²) in [5, 5.41) is 0. The van der Waals surface area contributed by atoms with Crippen LogP contribution in [0.1, 0.15) is 30.3 Å². The molecule has 25 heavy (non-hydrogen) atoms. The molecule has 8 nitrogen and oxygen atoms in total. The van der Waals surface area contributed by atoms with Crippen molar-refractivity contribution in [1.82, 2.24) is 19.8 Å². The van der Waals surface area contributed by atoms with Gasteiger partial charge in [-0.1, -0.05) is 0 Å². The maximum Gasteiger partial charge on any atom is 0.310 e. The van der Waals surface area contributed by atoms with Crippen LogP contribution in [0.2, 0.25) is 0 Å². The first kappa shape index (κ1) is 17.3. The minimum Gasteiger partial charge on any atom is -0.466 e. The lowest BCUT2D eigenvalue weighted by Crippen LogP contribution is -2.58. The Labute approximate surface area is 146 Å². The van der Waals surface area contributed by atoms with Crippen LogP contribution in [0.5, 0.6) is 0 Å². The van der Waals surface area contributed by atoms with E-state index in [1.807, 2.05) is 0 Å². The molecule has 0 aromatic carbocycles. The summed E-state index contributed by atoms with van der Waals surface area (Å²) in [7, 11) is 0. The average Bonchev–Trinajstić information content (AvgIpc) is 2.61. The highest BCUT2D eigenvalue weighted by Crippen LogP contribution is 2.24. The van der Waals surface area contributed by atoms with Crippen LogP contribution >= 0.6 is 0 Å². The van der Waals surface area contributed by atoms with Crippen LogP contribution in [0.4, 0.5) is 0 Å². The van der Waals surface area contributed by atoms with Crippen LogP contribution in [0, 0.1) is 11.8 Å². The van der Waals surface area contributed by atoms with Crippen molar-refractivity contribution in [1.29, 1.82) is 0 Å². The lowest BCUT2D eigenvalue weighted by molar-refractivity contribution is -0.152. The summed E-state index contributed by atoms with van der Waals surface area (Å²) in [6.07, 6.45) is 5.95. The Morgan fingerprint density at radius 1 is 1.16 bits per heavy atom. The molecule has 0 bridgehead atoms. The van der Waals surface area contributed by atoms with Crippen LogP contribution in [0.3, 0.4) is 0 Å². The zero-order chi connectivity index (χ0) is 17.8. The van der Waals surface area contributed by atoms with Crippen LogP contribution in [-0.2, 0) is 14.3 Å². The Morgan fingerprint density at radius 3 is 2.60 bits per heavy atom. The topological polar surface area (TPSA) is 92.7 Å². The fraction of sp³-hybridized carbons (Fsp3) is 0.588. The standard InChI is InChI=1S/C17H22N4O4/c1-2-25-17(24)12-4-3-7-20(9-12)15(22)13-10-21(11-13)16(23)14-8-18-5-6-19-14/h5-6,8,12-13H,2-4,7,9-11H2,1H3. The third kappa shape index (κ3) is 3.78. The molecule has 0 saturated carbocycles. The zero-order valence-corrected chi connectivity index (χ0v) is 14.3. The highest BCUT2D eigenvalue weighted by Gasteiger charge is 2.40. The second kappa shape index (κ2) is 7.58. The van der Waals surface area contributed by atoms with Crippen LogP contribution in [-0.4, -0.2) is 70.3 Å². The molecule has 2 aliphatic rings. The van der Waals surface area contributed by atoms with Gasteiger partial charge in [0.2, 0.25) is 5.91 Å². The van der Waals surface area contributed by atoms with E-state index in [9.17, 15) is 14.4 Å². The number of carbonyl (C=O) groups excluding carboxylic acids is 3. The number of nitrogens with zero attached hydrogens (tertiary/aromatic N) is 4. The van der Waals surface area contributed by atoms with Gasteiger partial charge >= 0.3 is 5.97 Å². The number of esters is 1. The van der Waals surface area contributed by atoms with Gasteiger partial charge in [0.05, 0.1) is 24.6 Å². The predicted molar refractivity (Wildman–Crippen MR) is 87.4 cm³/mol. The van der Waals surface area contributed by atoms with Crippen LogP contribution < -0.4 is 0 Å². The van der Waals surface area contributed by atoms with Gasteiger partial charge in [-0.3, -0.25) is 19.4 Å². The number of ether oxygens (including phenoxy) is 1. The van der Waals surface area contributed by atoms with E-state index < -0.39 is 0 Å². The van der Waals surface area contributed by atoms with Gasteiger partial charge in [0, 0.05) is 38.6 Å². The summed E-state index contributed by atoms with van der Waals surface area (Å²) < 4.78 is 5.07. The number of hydrogen-bond donors (Lipinski definition) is 0. The van der Waals surface area contributed by atoms with E-state index in [4.69, 9.17) is 4.74 Å². The molecule has 0 N–H and O–H groups in total. The number of amides is 2. The maximum absolute atomic E-state index is 12.6. The monoisotopic (exact) mass is 346 g/mol. The summed E-state index contributed by atoms with van der Waals surface area (Å²) in [6.45, 7) is 3.96. The van der Waals surface area contributed by atoms with Crippen molar-refractivity contribution in [3.05, 3.63) is 24.3 Å². The van der Waals surface area contributed by atoms with E-state index in [0.29, 0.717) is 32.8 Å². The van der Waals surface area contributed by atoms with E-state index in [1.165, 1.54) is 18.6 Å². The van der Waals surface area contributed by atoms with Gasteiger partial charge < -0.3 is 14.5 Å². The van der Waals surface area contributed by atoms with E-state index in [-0.39, 0.29) is 35.3 Å². The first-order valence-corrected chi connectivity index (χ1v) is 8.60. The molecule has 134 valence electrons. The fourth-order valence-corrected chi connectivity index (χ4v) is 3.26. The molecule has 1 aromatic heterocycles. The summed E-state index contributed by atoms with van der Waals surface area (Å²) in [5.41, 5.74) is 0.286. The number of rotatable bonds is 4. The molecule has 2 saturated heterocycles. The molecule has 3 rings (SSSR count). The number of likely N-dealkylation sites (tertiary alicyclic amines) is 2. The first-order valence-electron chi connectivity index (χ1n) is 8.60. The Bertz CT molecular complexity index is 645. The van der Waals surface area contributed by atoms with Gasteiger partial charge in [-0.05, 0) is 19.8 Å². The Kier molecular flexibility index (Phi) is 5.25. The molecule has 1 unspecified atom stereocenters. The average molecular weight is 346 g/mol. The van der Waals surface area contributed by atoms with Crippen LogP contribution in [0.25, 0.3) is 0 Å². The molecular formula is C17H22N4O4. The number of aromatic nitrogens is 2. The van der Waals surface area contributed by atoms with Crippen molar-refractivity contribution >= 4 is 17.8 Å². The summed E-state index contributed by atoms with van der Waals surface area (Å²) >= 11 is 0. The summed E-state index contributed by atoms with van der Waals surface area (Å²) in [5.74, 6) is -0.873. The third-order valence-corrected chi connectivity index (χ3v) is 4.65. The second-order valence-corrected chi connectivity index (χ2v) is 6.37. The normalized spacial score (nSPS) is 20.8. The maximum atomic E-state index is 12.6. The molecule has 8 heteroatoms. The molecule has 1 atom stereocenters. The lowest BCUT2D eigenvalue weighted by Gasteiger charge is -2.42. The molecular weight excluding hydrogens is 324 g/mol. The Balaban J connectivity index is 1.51. The molecule has 0 spiro atoms. The highest BCUT2D eigenvalue weighted by atomic mass is 16.5. The number of piperidine rings is 1. The number of carbonyl (C=O) groups is 3. The van der Waals surface area contributed by atoms with Crippen molar-refractivity contribution in [3.63, 3.8) is 0 Å². The van der Waals surface area contributed by atoms with E-state index in [2.05, 4.69) is 9.97 Å². The molecule has 0 radical (unpaired) electrons. The molecule has 3 heterocycles. The van der Waals surface area contributed by atoms with Crippen molar-refractivity contribution in [3.8, 4) is 0 Å². The van der Waals surface area contributed by atoms with Crippen molar-refractivity contribution in [2.24, 2.45) is 11.8 Å². The summed E-state index contributed by atoms with van der Waals surface area (Å²) in [6, 6.07) is 0. The van der Waals surface area contributed by atoms with E-state index in [1.54, 1.807) is 16.7 Å². The largest absolute Gasteiger partial charge is 0.466 e. The van der Waals surface area contributed by atoms with Crippen molar-refractivity contribution in [2.75, 3.05) is 32.8 Å². The van der Waals surface area contributed by atoms with Crippen LogP contribution in [0.15, 0.2) is 18.6 Å². The minimum atomic E-state index is -0.241. The van der Waals surface area contributed by atoms with E-state index in [0.717, 1.165) is 12.8 Å². The molecule has 2 amide bonds.